The van der Waals surface area contributed by atoms with Crippen molar-refractivity contribution in [3.63, 3.8) is 0 Å². The summed E-state index contributed by atoms with van der Waals surface area (Å²) in [6.45, 7) is 2.16. The first-order chi connectivity index (χ1) is 9.20. The van der Waals surface area contributed by atoms with Gasteiger partial charge in [-0.3, -0.25) is 0 Å². The van der Waals surface area contributed by atoms with Crippen LogP contribution in [0.1, 0.15) is 6.92 Å². The van der Waals surface area contributed by atoms with Gasteiger partial charge in [-0.1, -0.05) is 48.0 Å². The van der Waals surface area contributed by atoms with Gasteiger partial charge < -0.3 is 4.74 Å². The fourth-order valence-electron chi connectivity index (χ4n) is 1.68. The Bertz CT molecular complexity index is 589. The molecule has 96 valence electrons. The molecule has 0 N–H and O–H groups in total. The molecule has 2 aromatic carbocycles. The predicted octanol–water partition coefficient (Wildman–Crippen LogP) is 4.55. The van der Waals surface area contributed by atoms with Gasteiger partial charge in [-0.2, -0.15) is 5.26 Å². The molecule has 2 aromatic rings. The molecule has 0 amide bonds. The van der Waals surface area contributed by atoms with Gasteiger partial charge in [0.25, 0.3) is 0 Å². The van der Waals surface area contributed by atoms with Gasteiger partial charge >= 0.3 is 0 Å². The molecule has 19 heavy (non-hydrogen) atoms. The van der Waals surface area contributed by atoms with Crippen molar-refractivity contribution in [2.45, 2.75) is 6.92 Å². The molecule has 0 spiro atoms. The summed E-state index contributed by atoms with van der Waals surface area (Å²) in [6, 6.07) is 17.8. The van der Waals surface area contributed by atoms with E-state index >= 15 is 0 Å². The van der Waals surface area contributed by atoms with Gasteiger partial charge in [0.15, 0.2) is 0 Å². The zero-order valence-electron chi connectivity index (χ0n) is 10.6. The lowest BCUT2D eigenvalue weighted by Gasteiger charge is -2.10. The Morgan fingerprint density at radius 3 is 2.53 bits per heavy atom. The average molecular weight is 272 g/mol. The molecular weight excluding hydrogens is 258 g/mol. The zero-order chi connectivity index (χ0) is 13.7. The minimum atomic E-state index is -0.148. The largest absolute Gasteiger partial charge is 0.491 e. The van der Waals surface area contributed by atoms with E-state index in [1.54, 1.807) is 0 Å². The number of nitrogens with zero attached hydrogens (tertiary/aromatic N) is 1. The fraction of sp³-hybridized carbons (Fsp3) is 0.188. The fourth-order valence-corrected chi connectivity index (χ4v) is 1.92. The van der Waals surface area contributed by atoms with Gasteiger partial charge in [-0.25, -0.2) is 0 Å². The molecule has 2 nitrogen and oxygen atoms in total. The van der Waals surface area contributed by atoms with Gasteiger partial charge in [0, 0.05) is 0 Å². The molecule has 0 bridgehead atoms. The Morgan fingerprint density at radius 2 is 1.89 bits per heavy atom. The van der Waals surface area contributed by atoms with Crippen molar-refractivity contribution in [1.29, 1.82) is 5.26 Å². The Hall–Kier alpha value is -1.98. The third-order valence-corrected chi connectivity index (χ3v) is 3.04. The summed E-state index contributed by atoms with van der Waals surface area (Å²) in [5.41, 5.74) is 2.16. The predicted molar refractivity (Wildman–Crippen MR) is 77.2 cm³/mol. The number of halogens is 1. The summed E-state index contributed by atoms with van der Waals surface area (Å²) in [7, 11) is 0. The van der Waals surface area contributed by atoms with Crippen LogP contribution in [0.4, 0.5) is 0 Å². The van der Waals surface area contributed by atoms with Gasteiger partial charge in [-0.15, -0.1) is 0 Å². The zero-order valence-corrected chi connectivity index (χ0v) is 11.4. The maximum atomic E-state index is 8.71. The van der Waals surface area contributed by atoms with Crippen LogP contribution in [-0.4, -0.2) is 6.61 Å². The van der Waals surface area contributed by atoms with Crippen LogP contribution in [0.3, 0.4) is 0 Å². The second kappa shape index (κ2) is 6.26. The number of benzene rings is 2. The SMILES string of the molecule is CC(C#N)COc1ccc(-c2ccccc2)cc1Cl. The average Bonchev–Trinajstić information content (AvgIpc) is 2.46. The topological polar surface area (TPSA) is 33.0 Å². The van der Waals surface area contributed by atoms with Crippen molar-refractivity contribution in [3.8, 4) is 22.9 Å². The van der Waals surface area contributed by atoms with Gasteiger partial charge in [0.05, 0.1) is 17.0 Å². The molecule has 0 saturated heterocycles. The Kier molecular flexibility index (Phi) is 4.43. The quantitative estimate of drug-likeness (QED) is 0.817. The van der Waals surface area contributed by atoms with E-state index in [9.17, 15) is 0 Å². The summed E-state index contributed by atoms with van der Waals surface area (Å²) in [5.74, 6) is 0.466. The lowest BCUT2D eigenvalue weighted by molar-refractivity contribution is 0.288. The first-order valence-corrected chi connectivity index (χ1v) is 6.46. The number of ether oxygens (including phenoxy) is 1. The standard InChI is InChI=1S/C16H14ClNO/c1-12(10-18)11-19-16-8-7-14(9-15(16)17)13-5-3-2-4-6-13/h2-9,12H,11H2,1H3. The number of nitriles is 1. The maximum Gasteiger partial charge on any atom is 0.137 e. The van der Waals surface area contributed by atoms with Crippen LogP contribution >= 0.6 is 11.6 Å². The van der Waals surface area contributed by atoms with E-state index in [1.807, 2.05) is 55.5 Å². The third-order valence-electron chi connectivity index (χ3n) is 2.75. The molecule has 0 aliphatic heterocycles. The van der Waals surface area contributed by atoms with E-state index in [-0.39, 0.29) is 5.92 Å². The molecule has 3 heteroatoms. The van der Waals surface area contributed by atoms with Crippen LogP contribution in [0.15, 0.2) is 48.5 Å². The van der Waals surface area contributed by atoms with Gasteiger partial charge in [0.1, 0.15) is 12.4 Å². The van der Waals surface area contributed by atoms with Crippen LogP contribution in [0.25, 0.3) is 11.1 Å². The number of hydrogen-bond donors (Lipinski definition) is 0. The lowest BCUT2D eigenvalue weighted by Crippen LogP contribution is -2.06. The van der Waals surface area contributed by atoms with Crippen LogP contribution < -0.4 is 4.74 Å². The molecular formula is C16H14ClNO. The molecule has 0 radical (unpaired) electrons. The highest BCUT2D eigenvalue weighted by Crippen LogP contribution is 2.30. The van der Waals surface area contributed by atoms with Crippen molar-refractivity contribution in [2.24, 2.45) is 5.92 Å². The van der Waals surface area contributed by atoms with Crippen molar-refractivity contribution >= 4 is 11.6 Å². The molecule has 0 aliphatic carbocycles. The highest BCUT2D eigenvalue weighted by atomic mass is 35.5. The van der Waals surface area contributed by atoms with Crippen molar-refractivity contribution in [2.75, 3.05) is 6.61 Å². The van der Waals surface area contributed by atoms with Gasteiger partial charge in [0.2, 0.25) is 0 Å². The normalized spacial score (nSPS) is 11.6. The molecule has 0 fully saturated rings. The molecule has 1 atom stereocenters. The smallest absolute Gasteiger partial charge is 0.137 e. The van der Waals surface area contributed by atoms with Gasteiger partial charge in [-0.05, 0) is 30.2 Å². The van der Waals surface area contributed by atoms with Crippen molar-refractivity contribution < 1.29 is 4.74 Å². The number of hydrogen-bond acceptors (Lipinski definition) is 2. The second-order valence-corrected chi connectivity index (χ2v) is 4.76. The summed E-state index contributed by atoms with van der Waals surface area (Å²) in [4.78, 5) is 0. The molecule has 0 saturated carbocycles. The lowest BCUT2D eigenvalue weighted by atomic mass is 10.1. The summed E-state index contributed by atoms with van der Waals surface area (Å²) in [6.07, 6.45) is 0. The number of rotatable bonds is 4. The Balaban J connectivity index is 2.16. The minimum absolute atomic E-state index is 0.148. The molecule has 2 rings (SSSR count). The molecule has 1 unspecified atom stereocenters. The van der Waals surface area contributed by atoms with E-state index in [0.717, 1.165) is 11.1 Å². The highest BCUT2D eigenvalue weighted by molar-refractivity contribution is 6.32. The van der Waals surface area contributed by atoms with E-state index in [1.165, 1.54) is 0 Å². The maximum absolute atomic E-state index is 8.71. The first kappa shape index (κ1) is 13.5. The Morgan fingerprint density at radius 1 is 1.16 bits per heavy atom. The Labute approximate surface area is 118 Å². The van der Waals surface area contributed by atoms with Crippen LogP contribution in [-0.2, 0) is 0 Å². The van der Waals surface area contributed by atoms with Crippen molar-refractivity contribution in [3.05, 3.63) is 53.6 Å². The molecule has 0 aromatic heterocycles. The van der Waals surface area contributed by atoms with E-state index in [2.05, 4.69) is 6.07 Å². The van der Waals surface area contributed by atoms with Crippen LogP contribution in [0.2, 0.25) is 5.02 Å². The second-order valence-electron chi connectivity index (χ2n) is 4.35. The van der Waals surface area contributed by atoms with E-state index in [0.29, 0.717) is 17.4 Å². The minimum Gasteiger partial charge on any atom is -0.491 e. The third kappa shape index (κ3) is 3.49. The first-order valence-electron chi connectivity index (χ1n) is 6.08. The summed E-state index contributed by atoms with van der Waals surface area (Å²) < 4.78 is 5.53. The van der Waals surface area contributed by atoms with Crippen molar-refractivity contribution in [1.82, 2.24) is 0 Å². The molecule has 0 heterocycles. The van der Waals surface area contributed by atoms with Crippen LogP contribution in [0, 0.1) is 17.2 Å². The van der Waals surface area contributed by atoms with E-state index in [4.69, 9.17) is 21.6 Å². The van der Waals surface area contributed by atoms with E-state index < -0.39 is 0 Å². The molecule has 0 aliphatic rings. The van der Waals surface area contributed by atoms with Crippen LogP contribution in [0.5, 0.6) is 5.75 Å². The highest BCUT2D eigenvalue weighted by Gasteiger charge is 2.06. The monoisotopic (exact) mass is 271 g/mol. The summed E-state index contributed by atoms with van der Waals surface area (Å²) >= 11 is 6.20. The summed E-state index contributed by atoms with van der Waals surface area (Å²) in [5, 5.41) is 9.27.